The molecule has 0 fully saturated rings. The van der Waals surface area contributed by atoms with Crippen LogP contribution in [-0.4, -0.2) is 16.7 Å². The minimum atomic E-state index is -0.527. The second-order valence-corrected chi connectivity index (χ2v) is 6.57. The molecule has 0 saturated carbocycles. The molecule has 2 heterocycles. The lowest BCUT2D eigenvalue weighted by molar-refractivity contribution is -0.384. The number of carbonyl (C=O) groups is 2. The zero-order valence-electron chi connectivity index (χ0n) is 16.8. The number of hydrogen-bond acceptors (Lipinski definition) is 8. The maximum atomic E-state index is 12.5. The van der Waals surface area contributed by atoms with Gasteiger partial charge in [-0.1, -0.05) is 0 Å². The molecule has 33 heavy (non-hydrogen) atoms. The predicted octanol–water partition coefficient (Wildman–Crippen LogP) is 5.70. The summed E-state index contributed by atoms with van der Waals surface area (Å²) in [5, 5.41) is 24.3. The molecule has 2 aromatic carbocycles. The van der Waals surface area contributed by atoms with E-state index in [4.69, 9.17) is 8.83 Å². The van der Waals surface area contributed by atoms with Gasteiger partial charge in [0.1, 0.15) is 5.69 Å². The Balaban J connectivity index is 1.60. The van der Waals surface area contributed by atoms with E-state index in [0.29, 0.717) is 11.4 Å². The number of nitro benzene ring substituents is 1. The van der Waals surface area contributed by atoms with Crippen LogP contribution in [0.25, 0.3) is 0 Å². The molecule has 0 aliphatic carbocycles. The van der Waals surface area contributed by atoms with Gasteiger partial charge in [0, 0.05) is 17.8 Å². The van der Waals surface area contributed by atoms with Crippen molar-refractivity contribution >= 4 is 40.3 Å². The number of nitro groups is 1. The van der Waals surface area contributed by atoms with Gasteiger partial charge in [-0.05, 0) is 54.6 Å². The van der Waals surface area contributed by atoms with Crippen LogP contribution in [0.1, 0.15) is 21.1 Å². The van der Waals surface area contributed by atoms with Gasteiger partial charge in [-0.3, -0.25) is 19.7 Å². The number of rotatable bonds is 7. The van der Waals surface area contributed by atoms with E-state index < -0.39 is 16.7 Å². The summed E-state index contributed by atoms with van der Waals surface area (Å²) in [4.78, 5) is 35.0. The molecule has 0 spiro atoms. The van der Waals surface area contributed by atoms with Crippen LogP contribution >= 0.6 is 0 Å². The fourth-order valence-electron chi connectivity index (χ4n) is 2.75. The molecule has 4 rings (SSSR count). The number of azo groups is 1. The average molecular weight is 445 g/mol. The lowest BCUT2D eigenvalue weighted by Crippen LogP contribution is -2.13. The number of furan rings is 2. The predicted molar refractivity (Wildman–Crippen MR) is 117 cm³/mol. The first-order valence-electron chi connectivity index (χ1n) is 9.49. The molecule has 0 saturated heterocycles. The Morgan fingerprint density at radius 3 is 2.03 bits per heavy atom. The molecule has 11 nitrogen and oxygen atoms in total. The molecular weight excluding hydrogens is 430 g/mol. The van der Waals surface area contributed by atoms with Crippen LogP contribution in [0.4, 0.5) is 28.4 Å². The van der Waals surface area contributed by atoms with Crippen molar-refractivity contribution in [2.75, 3.05) is 10.6 Å². The van der Waals surface area contributed by atoms with Gasteiger partial charge >= 0.3 is 0 Å². The third-order valence-corrected chi connectivity index (χ3v) is 4.33. The van der Waals surface area contributed by atoms with Crippen LogP contribution in [0.5, 0.6) is 0 Å². The Morgan fingerprint density at radius 2 is 1.45 bits per heavy atom. The van der Waals surface area contributed by atoms with Crippen molar-refractivity contribution in [1.29, 1.82) is 0 Å². The highest BCUT2D eigenvalue weighted by atomic mass is 16.6. The molecule has 11 heteroatoms. The number of non-ortho nitro benzene ring substituents is 1. The summed E-state index contributed by atoms with van der Waals surface area (Å²) in [7, 11) is 0. The van der Waals surface area contributed by atoms with E-state index in [2.05, 4.69) is 20.9 Å². The summed E-state index contributed by atoms with van der Waals surface area (Å²) >= 11 is 0. The molecule has 2 amide bonds. The first kappa shape index (κ1) is 21.2. The molecule has 0 radical (unpaired) electrons. The van der Waals surface area contributed by atoms with Crippen LogP contribution in [0, 0.1) is 10.1 Å². The summed E-state index contributed by atoms with van der Waals surface area (Å²) < 4.78 is 10.2. The van der Waals surface area contributed by atoms with E-state index in [0.717, 1.165) is 0 Å². The number of hydrogen-bond donors (Lipinski definition) is 2. The van der Waals surface area contributed by atoms with Gasteiger partial charge in [0.05, 0.1) is 28.8 Å². The number of amides is 2. The maximum Gasteiger partial charge on any atom is 0.291 e. The average Bonchev–Trinajstić information content (AvgIpc) is 3.53. The van der Waals surface area contributed by atoms with Gasteiger partial charge in [-0.15, -0.1) is 5.11 Å². The smallest absolute Gasteiger partial charge is 0.291 e. The molecule has 164 valence electrons. The first-order valence-corrected chi connectivity index (χ1v) is 9.49. The van der Waals surface area contributed by atoms with Crippen LogP contribution in [0.3, 0.4) is 0 Å². The highest BCUT2D eigenvalue weighted by Crippen LogP contribution is 2.31. The summed E-state index contributed by atoms with van der Waals surface area (Å²) in [5.74, 6) is -0.791. The summed E-state index contributed by atoms with van der Waals surface area (Å²) in [6.45, 7) is 0. The van der Waals surface area contributed by atoms with Crippen molar-refractivity contribution in [2.24, 2.45) is 10.2 Å². The molecule has 0 bridgehead atoms. The monoisotopic (exact) mass is 445 g/mol. The molecule has 0 aliphatic rings. The SMILES string of the molecule is O=C(Nc1ccc(N=Nc2ccc([N+](=O)[O-])cc2)c(NC(=O)c2ccco2)c1)c1ccco1. The maximum absolute atomic E-state index is 12.5. The summed E-state index contributed by atoms with van der Waals surface area (Å²) in [6.07, 6.45) is 2.75. The third-order valence-electron chi connectivity index (χ3n) is 4.33. The highest BCUT2D eigenvalue weighted by molar-refractivity contribution is 6.06. The lowest BCUT2D eigenvalue weighted by Gasteiger charge is -2.10. The molecule has 2 N–H and O–H groups in total. The van der Waals surface area contributed by atoms with Gasteiger partial charge in [-0.25, -0.2) is 0 Å². The van der Waals surface area contributed by atoms with E-state index in [1.807, 2.05) is 0 Å². The molecular formula is C22H15N5O6. The van der Waals surface area contributed by atoms with Crippen molar-refractivity contribution in [2.45, 2.75) is 0 Å². The van der Waals surface area contributed by atoms with Crippen molar-refractivity contribution < 1.29 is 23.3 Å². The number of carbonyl (C=O) groups excluding carboxylic acids is 2. The van der Waals surface area contributed by atoms with E-state index in [1.165, 1.54) is 55.0 Å². The summed E-state index contributed by atoms with van der Waals surface area (Å²) in [6, 6.07) is 16.3. The van der Waals surface area contributed by atoms with Crippen molar-refractivity contribution in [3.63, 3.8) is 0 Å². The van der Waals surface area contributed by atoms with Crippen LogP contribution < -0.4 is 10.6 Å². The van der Waals surface area contributed by atoms with Crippen molar-refractivity contribution in [3.05, 3.63) is 101 Å². The number of anilines is 2. The Bertz CT molecular complexity index is 1310. The van der Waals surface area contributed by atoms with E-state index >= 15 is 0 Å². The van der Waals surface area contributed by atoms with Gasteiger partial charge in [-0.2, -0.15) is 5.11 Å². The Kier molecular flexibility index (Phi) is 6.03. The summed E-state index contributed by atoms with van der Waals surface area (Å²) in [5.41, 5.74) is 1.21. The minimum Gasteiger partial charge on any atom is -0.459 e. The van der Waals surface area contributed by atoms with E-state index in [-0.39, 0.29) is 28.6 Å². The van der Waals surface area contributed by atoms with Crippen LogP contribution in [0.15, 0.2) is 98.3 Å². The Labute approximate surface area is 185 Å². The molecule has 0 aliphatic heterocycles. The fourth-order valence-corrected chi connectivity index (χ4v) is 2.75. The van der Waals surface area contributed by atoms with Gasteiger partial charge in [0.25, 0.3) is 17.5 Å². The number of benzene rings is 2. The highest BCUT2D eigenvalue weighted by Gasteiger charge is 2.14. The molecule has 0 unspecified atom stereocenters. The second-order valence-electron chi connectivity index (χ2n) is 6.57. The van der Waals surface area contributed by atoms with Gasteiger partial charge < -0.3 is 19.5 Å². The lowest BCUT2D eigenvalue weighted by atomic mass is 10.2. The molecule has 4 aromatic rings. The zero-order chi connectivity index (χ0) is 23.2. The zero-order valence-corrected chi connectivity index (χ0v) is 16.8. The topological polar surface area (TPSA) is 152 Å². The van der Waals surface area contributed by atoms with Gasteiger partial charge in [0.2, 0.25) is 0 Å². The molecule has 2 aromatic heterocycles. The third kappa shape index (κ3) is 5.17. The number of nitrogens with one attached hydrogen (secondary N) is 2. The van der Waals surface area contributed by atoms with E-state index in [9.17, 15) is 19.7 Å². The minimum absolute atomic E-state index is 0.0722. The first-order chi connectivity index (χ1) is 16.0. The largest absolute Gasteiger partial charge is 0.459 e. The van der Waals surface area contributed by atoms with Crippen LogP contribution in [-0.2, 0) is 0 Å². The fraction of sp³-hybridized carbons (Fsp3) is 0. The van der Waals surface area contributed by atoms with Crippen molar-refractivity contribution in [1.82, 2.24) is 0 Å². The quantitative estimate of drug-likeness (QED) is 0.211. The Hall–Kier alpha value is -5.06. The standard InChI is InChI=1S/C22H15N5O6/c28-21(19-3-1-11-32-19)23-15-7-10-17(18(13-15)24-22(29)20-4-2-12-33-20)26-25-14-5-8-16(9-6-14)27(30)31/h1-13H,(H,23,28)(H,24,29). The van der Waals surface area contributed by atoms with Crippen molar-refractivity contribution in [3.8, 4) is 0 Å². The van der Waals surface area contributed by atoms with Crippen LogP contribution in [0.2, 0.25) is 0 Å². The van der Waals surface area contributed by atoms with Gasteiger partial charge in [0.15, 0.2) is 11.5 Å². The molecule has 0 atom stereocenters. The second kappa shape index (κ2) is 9.39. The Morgan fingerprint density at radius 1 is 0.818 bits per heavy atom. The van der Waals surface area contributed by atoms with E-state index in [1.54, 1.807) is 24.3 Å². The normalized spacial score (nSPS) is 10.8. The number of nitrogens with zero attached hydrogens (tertiary/aromatic N) is 3.